The van der Waals surface area contributed by atoms with E-state index in [4.69, 9.17) is 0 Å². The summed E-state index contributed by atoms with van der Waals surface area (Å²) in [5, 5.41) is 2.32. The minimum atomic E-state index is -0.522. The Bertz CT molecular complexity index is 281. The number of aromatic nitrogens is 2. The van der Waals surface area contributed by atoms with Gasteiger partial charge in [-0.1, -0.05) is 0 Å². The highest BCUT2D eigenvalue weighted by atomic mass is 16.5. The van der Waals surface area contributed by atoms with Crippen LogP contribution in [-0.2, 0) is 4.74 Å². The van der Waals surface area contributed by atoms with Crippen molar-refractivity contribution in [1.82, 2.24) is 15.3 Å². The summed E-state index contributed by atoms with van der Waals surface area (Å²) < 4.78 is 4.59. The van der Waals surface area contributed by atoms with E-state index < -0.39 is 6.09 Å². The van der Waals surface area contributed by atoms with Gasteiger partial charge in [-0.05, 0) is 6.92 Å². The molecule has 0 spiro atoms. The molecule has 0 saturated carbocycles. The van der Waals surface area contributed by atoms with E-state index in [1.165, 1.54) is 18.9 Å². The van der Waals surface area contributed by atoms with E-state index >= 15 is 0 Å². The highest BCUT2D eigenvalue weighted by Crippen LogP contribution is 2.00. The van der Waals surface area contributed by atoms with Gasteiger partial charge in [-0.3, -0.25) is 5.32 Å². The summed E-state index contributed by atoms with van der Waals surface area (Å²) in [6.07, 6.45) is 3.75. The van der Waals surface area contributed by atoms with Crippen molar-refractivity contribution in [2.75, 3.05) is 6.61 Å². The number of rotatable bonds is 3. The number of hydrogen-bond donors (Lipinski definition) is 2. The normalized spacial score (nSPS) is 10.2. The van der Waals surface area contributed by atoms with E-state index in [1.54, 1.807) is 6.92 Å². The van der Waals surface area contributed by atoms with Crippen molar-refractivity contribution in [1.29, 1.82) is 0 Å². The third-order valence-electron chi connectivity index (χ3n) is 1.15. The first-order valence-electron chi connectivity index (χ1n) is 3.77. The number of alkyl carbamates (subject to hydrolysis) is 1. The van der Waals surface area contributed by atoms with Crippen molar-refractivity contribution < 1.29 is 9.53 Å². The molecule has 1 heterocycles. The number of H-pyrrole nitrogens is 1. The van der Waals surface area contributed by atoms with Crippen molar-refractivity contribution >= 4 is 18.2 Å². The number of hydrogen-bond acceptors (Lipinski definition) is 4. The summed E-state index contributed by atoms with van der Waals surface area (Å²) in [6.45, 7) is 2.06. The lowest BCUT2D eigenvalue weighted by Crippen LogP contribution is -2.22. The van der Waals surface area contributed by atoms with E-state index in [2.05, 4.69) is 25.0 Å². The number of amides is 1. The second-order valence-electron chi connectivity index (χ2n) is 2.06. The van der Waals surface area contributed by atoms with Crippen LogP contribution in [0.15, 0.2) is 17.5 Å². The molecule has 0 aromatic carbocycles. The van der Waals surface area contributed by atoms with E-state index in [0.717, 1.165) is 0 Å². The summed E-state index contributed by atoms with van der Waals surface area (Å²) in [5.74, 6) is 0.566. The molecule has 0 radical (unpaired) electrons. The Balaban J connectivity index is 2.30. The summed E-state index contributed by atoms with van der Waals surface area (Å²) in [5.41, 5.74) is 0. The van der Waals surface area contributed by atoms with E-state index in [1.807, 2.05) is 0 Å². The molecule has 0 atom stereocenters. The molecule has 0 fully saturated rings. The smallest absolute Gasteiger partial charge is 0.412 e. The second-order valence-corrected chi connectivity index (χ2v) is 2.06. The van der Waals surface area contributed by atoms with Crippen LogP contribution in [0.2, 0.25) is 0 Å². The molecule has 0 aliphatic rings. The Morgan fingerprint density at radius 2 is 2.77 bits per heavy atom. The molecule has 6 nitrogen and oxygen atoms in total. The zero-order chi connectivity index (χ0) is 9.52. The maximum Gasteiger partial charge on any atom is 0.412 e. The van der Waals surface area contributed by atoms with Gasteiger partial charge < -0.3 is 9.72 Å². The highest BCUT2D eigenvalue weighted by molar-refractivity contribution is 5.82. The van der Waals surface area contributed by atoms with E-state index in [9.17, 15) is 4.79 Å². The first-order chi connectivity index (χ1) is 6.33. The van der Waals surface area contributed by atoms with Crippen LogP contribution < -0.4 is 5.32 Å². The van der Waals surface area contributed by atoms with Crippen LogP contribution in [0.25, 0.3) is 0 Å². The lowest BCUT2D eigenvalue weighted by Gasteiger charge is -1.97. The topological polar surface area (TPSA) is 79.4 Å². The molecule has 2 N–H and O–H groups in total. The summed E-state index contributed by atoms with van der Waals surface area (Å²) in [7, 11) is 0. The largest absolute Gasteiger partial charge is 0.450 e. The number of nitrogens with zero attached hydrogens (tertiary/aromatic N) is 2. The molecular formula is C7H10N4O2. The molecule has 6 heteroatoms. The molecule has 0 bridgehead atoms. The summed E-state index contributed by atoms with van der Waals surface area (Å²) in [4.78, 5) is 21.0. The van der Waals surface area contributed by atoms with Crippen molar-refractivity contribution in [3.05, 3.63) is 12.5 Å². The molecular weight excluding hydrogens is 172 g/mol. The van der Waals surface area contributed by atoms with E-state index in [0.29, 0.717) is 12.4 Å². The molecule has 0 aliphatic carbocycles. The van der Waals surface area contributed by atoms with Gasteiger partial charge in [-0.15, -0.1) is 0 Å². The number of nitrogens with one attached hydrogen (secondary N) is 2. The molecule has 0 saturated heterocycles. The monoisotopic (exact) mass is 182 g/mol. The molecule has 0 unspecified atom stereocenters. The Morgan fingerprint density at radius 1 is 1.92 bits per heavy atom. The molecule has 1 aromatic heterocycles. The number of aromatic amines is 1. The maximum atomic E-state index is 10.7. The fourth-order valence-electron chi connectivity index (χ4n) is 0.646. The van der Waals surface area contributed by atoms with Crippen molar-refractivity contribution in [2.45, 2.75) is 6.92 Å². The third-order valence-corrected chi connectivity index (χ3v) is 1.15. The van der Waals surface area contributed by atoms with Gasteiger partial charge in [0.05, 0.1) is 25.5 Å². The van der Waals surface area contributed by atoms with Gasteiger partial charge in [0.2, 0.25) is 0 Å². The third kappa shape index (κ3) is 3.37. The van der Waals surface area contributed by atoms with Crippen LogP contribution in [0.4, 0.5) is 10.6 Å². The Labute approximate surface area is 75.0 Å². The SMILES string of the molecule is CCOC(=O)N/C=N/c1cnc[nH]1. The first kappa shape index (κ1) is 9.24. The van der Waals surface area contributed by atoms with Crippen LogP contribution in [0.3, 0.4) is 0 Å². The average Bonchev–Trinajstić information content (AvgIpc) is 2.57. The number of aliphatic imine (C=N–C) groups is 1. The van der Waals surface area contributed by atoms with Gasteiger partial charge in [0.25, 0.3) is 0 Å². The zero-order valence-corrected chi connectivity index (χ0v) is 7.15. The standard InChI is InChI=1S/C7H10N4O2/c1-2-13-7(12)11-5-10-6-3-8-4-9-6/h3-5H,2H2,1H3,(H,8,9)(H,10,11,12). The fraction of sp³-hybridized carbons (Fsp3) is 0.286. The van der Waals surface area contributed by atoms with Crippen molar-refractivity contribution in [3.8, 4) is 0 Å². The second kappa shape index (κ2) is 4.91. The maximum absolute atomic E-state index is 10.7. The first-order valence-corrected chi connectivity index (χ1v) is 3.77. The zero-order valence-electron chi connectivity index (χ0n) is 7.15. The lowest BCUT2D eigenvalue weighted by atomic mass is 10.8. The molecule has 13 heavy (non-hydrogen) atoms. The van der Waals surface area contributed by atoms with Crippen LogP contribution in [0.5, 0.6) is 0 Å². The lowest BCUT2D eigenvalue weighted by molar-refractivity contribution is 0.158. The summed E-state index contributed by atoms with van der Waals surface area (Å²) in [6, 6.07) is 0. The molecule has 0 aliphatic heterocycles. The Kier molecular flexibility index (Phi) is 3.49. The quantitative estimate of drug-likeness (QED) is 0.536. The van der Waals surface area contributed by atoms with Crippen molar-refractivity contribution in [3.63, 3.8) is 0 Å². The number of carbonyl (C=O) groups excluding carboxylic acids is 1. The Hall–Kier alpha value is -1.85. The minimum absolute atomic E-state index is 0.337. The number of imidazole rings is 1. The van der Waals surface area contributed by atoms with E-state index in [-0.39, 0.29) is 0 Å². The molecule has 1 rings (SSSR count). The highest BCUT2D eigenvalue weighted by Gasteiger charge is 1.94. The van der Waals surface area contributed by atoms with Crippen LogP contribution in [-0.4, -0.2) is 29.0 Å². The van der Waals surface area contributed by atoms with Crippen LogP contribution >= 0.6 is 0 Å². The van der Waals surface area contributed by atoms with Crippen LogP contribution in [0.1, 0.15) is 6.92 Å². The number of ether oxygens (including phenoxy) is 1. The predicted molar refractivity (Wildman–Crippen MR) is 46.9 cm³/mol. The van der Waals surface area contributed by atoms with Gasteiger partial charge >= 0.3 is 6.09 Å². The summed E-state index contributed by atoms with van der Waals surface area (Å²) >= 11 is 0. The molecule has 1 amide bonds. The van der Waals surface area contributed by atoms with Gasteiger partial charge in [0.1, 0.15) is 0 Å². The Morgan fingerprint density at radius 3 is 3.38 bits per heavy atom. The van der Waals surface area contributed by atoms with Gasteiger partial charge in [0.15, 0.2) is 5.82 Å². The van der Waals surface area contributed by atoms with Crippen molar-refractivity contribution in [2.24, 2.45) is 4.99 Å². The molecule has 1 aromatic rings. The predicted octanol–water partition coefficient (Wildman–Crippen LogP) is 0.816. The van der Waals surface area contributed by atoms with Gasteiger partial charge in [0, 0.05) is 0 Å². The average molecular weight is 182 g/mol. The number of carbonyl (C=O) groups is 1. The van der Waals surface area contributed by atoms with Crippen LogP contribution in [0, 0.1) is 0 Å². The minimum Gasteiger partial charge on any atom is -0.450 e. The van der Waals surface area contributed by atoms with Gasteiger partial charge in [-0.2, -0.15) is 0 Å². The molecule has 70 valence electrons. The van der Waals surface area contributed by atoms with Gasteiger partial charge in [-0.25, -0.2) is 14.8 Å². The fourth-order valence-corrected chi connectivity index (χ4v) is 0.646.